The minimum Gasteiger partial charge on any atom is -0.449 e. The van der Waals surface area contributed by atoms with Gasteiger partial charge in [0.05, 0.1) is 0 Å². The molecule has 1 N–H and O–H groups in total. The number of hydrogen-bond acceptors (Lipinski definition) is 4. The number of aliphatic imine (C=N–C) groups is 2. The molecule has 0 aromatic carbocycles. The van der Waals surface area contributed by atoms with Crippen LogP contribution in [0.2, 0.25) is 5.22 Å². The fraction of sp³-hybridized carbons (Fsp3) is 0.273. The van der Waals surface area contributed by atoms with E-state index in [1.165, 1.54) is 0 Å². The third kappa shape index (κ3) is 5.10. The van der Waals surface area contributed by atoms with Crippen molar-refractivity contribution in [3.05, 3.63) is 35.0 Å². The Morgan fingerprint density at radius 3 is 2.23 bits per heavy atom. The topological polar surface area (TPSA) is 49.9 Å². The molecule has 11 heteroatoms. The first-order valence-electron chi connectivity index (χ1n) is 5.59. The Labute approximate surface area is 161 Å². The van der Waals surface area contributed by atoms with Gasteiger partial charge in [-0.2, -0.15) is 0 Å². The number of furan rings is 1. The highest BCUT2D eigenvalue weighted by molar-refractivity contribution is 6.79. The Hall–Kier alpha value is 0.190. The van der Waals surface area contributed by atoms with E-state index in [0.29, 0.717) is 18.0 Å². The lowest BCUT2D eigenvalue weighted by Crippen LogP contribution is -2.39. The second-order valence-corrected chi connectivity index (χ2v) is 8.95. The molecule has 0 fully saturated rings. The van der Waals surface area contributed by atoms with Crippen molar-refractivity contribution in [1.29, 1.82) is 0 Å². The van der Waals surface area contributed by atoms with E-state index < -0.39 is 7.59 Å². The van der Waals surface area contributed by atoms with Crippen LogP contribution in [0.25, 0.3) is 0 Å². The van der Waals surface area contributed by atoms with Crippen molar-refractivity contribution in [2.75, 3.05) is 0 Å². The number of nitrogens with one attached hydrogen (secondary N) is 1. The lowest BCUT2D eigenvalue weighted by atomic mass is 10.3. The van der Waals surface area contributed by atoms with E-state index in [0.717, 1.165) is 0 Å². The van der Waals surface area contributed by atoms with Crippen LogP contribution in [-0.4, -0.2) is 19.3 Å². The van der Waals surface area contributed by atoms with E-state index in [-0.39, 0.29) is 16.9 Å². The Kier molecular flexibility index (Phi) is 5.87. The van der Waals surface area contributed by atoms with Crippen LogP contribution in [0.3, 0.4) is 0 Å². The largest absolute Gasteiger partial charge is 0.449 e. The number of halogens is 7. The van der Waals surface area contributed by atoms with Gasteiger partial charge in [0.15, 0.2) is 16.9 Å². The summed E-state index contributed by atoms with van der Waals surface area (Å²) < 4.78 is 1.53. The first-order valence-corrected chi connectivity index (χ1v) is 8.23. The average Bonchev–Trinajstić information content (AvgIpc) is 2.80. The maximum atomic E-state index is 5.80. The van der Waals surface area contributed by atoms with Crippen molar-refractivity contribution >= 4 is 92.9 Å². The van der Waals surface area contributed by atoms with Gasteiger partial charge in [0.2, 0.25) is 7.59 Å². The third-order valence-corrected chi connectivity index (χ3v) is 3.59. The van der Waals surface area contributed by atoms with Crippen molar-refractivity contribution in [3.63, 3.8) is 0 Å². The van der Waals surface area contributed by atoms with Crippen LogP contribution < -0.4 is 5.32 Å². The summed E-state index contributed by atoms with van der Waals surface area (Å²) in [5.41, 5.74) is 0. The lowest BCUT2D eigenvalue weighted by Gasteiger charge is -2.23. The number of rotatable bonds is 2. The summed E-state index contributed by atoms with van der Waals surface area (Å²) in [7, 11) is 0. The number of nitrogens with zero attached hydrogens (tertiary/aromatic N) is 2. The molecule has 0 amide bonds. The fourth-order valence-corrected chi connectivity index (χ4v) is 2.12. The Bertz CT molecular complexity index is 651. The molecule has 1 aliphatic rings. The van der Waals surface area contributed by atoms with Crippen LogP contribution in [0, 0.1) is 0 Å². The molecule has 0 radical (unpaired) electrons. The first kappa shape index (κ1) is 18.5. The van der Waals surface area contributed by atoms with Crippen LogP contribution in [0.4, 0.5) is 0 Å². The standard InChI is InChI=1S/C11H6Cl7N3O/c12-6-3-1-5(22-6)2-4-7-19-8(10(13,14)15)21-9(20-7)11(16,17)18/h1,3-4H,2H2,(H,19,20,21). The van der Waals surface area contributed by atoms with Gasteiger partial charge in [-0.1, -0.05) is 69.6 Å². The summed E-state index contributed by atoms with van der Waals surface area (Å²) in [5.74, 6) is 0.756. The summed E-state index contributed by atoms with van der Waals surface area (Å²) in [6.45, 7) is 0. The molecule has 2 heterocycles. The summed E-state index contributed by atoms with van der Waals surface area (Å²) in [5, 5.41) is 3.03. The van der Waals surface area contributed by atoms with Gasteiger partial charge in [-0.25, -0.2) is 9.98 Å². The molecule has 4 nitrogen and oxygen atoms in total. The molecule has 0 saturated carbocycles. The molecule has 22 heavy (non-hydrogen) atoms. The Balaban J connectivity index is 2.28. The number of allylic oxidation sites excluding steroid dienone is 1. The van der Waals surface area contributed by atoms with Crippen LogP contribution in [0.1, 0.15) is 5.76 Å². The third-order valence-electron chi connectivity index (χ3n) is 2.34. The van der Waals surface area contributed by atoms with E-state index in [9.17, 15) is 0 Å². The Morgan fingerprint density at radius 2 is 1.73 bits per heavy atom. The molecule has 1 aliphatic heterocycles. The zero-order valence-electron chi connectivity index (χ0n) is 10.4. The van der Waals surface area contributed by atoms with E-state index in [1.807, 2.05) is 0 Å². The van der Waals surface area contributed by atoms with Crippen molar-refractivity contribution in [2.45, 2.75) is 14.0 Å². The van der Waals surface area contributed by atoms with Gasteiger partial charge in [0.25, 0.3) is 0 Å². The molecule has 1 aromatic heterocycles. The maximum absolute atomic E-state index is 5.80. The van der Waals surface area contributed by atoms with Crippen LogP contribution in [0.5, 0.6) is 0 Å². The summed E-state index contributed by atoms with van der Waals surface area (Å²) >= 11 is 40.5. The smallest absolute Gasteiger partial charge is 0.250 e. The van der Waals surface area contributed by atoms with Gasteiger partial charge in [-0.3, -0.25) is 0 Å². The second-order valence-electron chi connectivity index (χ2n) is 4.02. The minimum absolute atomic E-state index is 0.0300. The van der Waals surface area contributed by atoms with Gasteiger partial charge < -0.3 is 9.73 Å². The monoisotopic (exact) mass is 441 g/mol. The predicted molar refractivity (Wildman–Crippen MR) is 94.1 cm³/mol. The fourth-order valence-electron chi connectivity index (χ4n) is 1.44. The zero-order chi connectivity index (χ0) is 16.5. The van der Waals surface area contributed by atoms with E-state index in [4.69, 9.17) is 85.6 Å². The van der Waals surface area contributed by atoms with Gasteiger partial charge in [0, 0.05) is 6.42 Å². The van der Waals surface area contributed by atoms with E-state index in [2.05, 4.69) is 15.3 Å². The first-order chi connectivity index (χ1) is 10.1. The molecule has 0 unspecified atom stereocenters. The Morgan fingerprint density at radius 1 is 1.05 bits per heavy atom. The number of alkyl halides is 6. The number of hydrogen-bond donors (Lipinski definition) is 1. The SMILES string of the molecule is Clc1ccc(CC=C2N=C(C(Cl)(Cl)Cl)N=C(C(Cl)(Cl)Cl)N2)o1. The molecule has 0 aliphatic carbocycles. The quantitative estimate of drug-likeness (QED) is 0.617. The van der Waals surface area contributed by atoms with Crippen molar-refractivity contribution in [2.24, 2.45) is 9.98 Å². The molecular weight excluding hydrogens is 438 g/mol. The molecule has 0 atom stereocenters. The number of amidine groups is 2. The predicted octanol–water partition coefficient (Wildman–Crippen LogP) is 5.46. The van der Waals surface area contributed by atoms with Gasteiger partial charge in [0.1, 0.15) is 11.6 Å². The molecule has 0 bridgehead atoms. The zero-order valence-corrected chi connectivity index (χ0v) is 15.7. The molecule has 2 rings (SSSR count). The lowest BCUT2D eigenvalue weighted by molar-refractivity contribution is 0.524. The normalized spacial score (nSPS) is 18.0. The molecule has 0 saturated heterocycles. The van der Waals surface area contributed by atoms with Crippen LogP contribution >= 0.6 is 81.2 Å². The van der Waals surface area contributed by atoms with Crippen molar-refractivity contribution in [1.82, 2.24) is 5.32 Å². The highest BCUT2D eigenvalue weighted by Gasteiger charge is 2.36. The van der Waals surface area contributed by atoms with Gasteiger partial charge in [-0.05, 0) is 29.8 Å². The molecule has 1 aromatic rings. The van der Waals surface area contributed by atoms with Crippen molar-refractivity contribution in [3.8, 4) is 0 Å². The van der Waals surface area contributed by atoms with Crippen LogP contribution in [-0.2, 0) is 6.42 Å². The summed E-state index contributed by atoms with van der Waals surface area (Å²) in [6.07, 6.45) is 2.02. The minimum atomic E-state index is -1.86. The average molecular weight is 444 g/mol. The van der Waals surface area contributed by atoms with Crippen LogP contribution in [0.15, 0.2) is 38.4 Å². The van der Waals surface area contributed by atoms with Gasteiger partial charge in [-0.15, -0.1) is 0 Å². The maximum Gasteiger partial charge on any atom is 0.250 e. The molecule has 0 spiro atoms. The van der Waals surface area contributed by atoms with Crippen molar-refractivity contribution < 1.29 is 4.42 Å². The van der Waals surface area contributed by atoms with E-state index in [1.54, 1.807) is 18.2 Å². The molecule has 120 valence electrons. The highest BCUT2D eigenvalue weighted by Crippen LogP contribution is 2.34. The second kappa shape index (κ2) is 6.98. The molecular formula is C11H6Cl7N3O. The highest BCUT2D eigenvalue weighted by atomic mass is 35.6. The van der Waals surface area contributed by atoms with Gasteiger partial charge >= 0.3 is 0 Å². The van der Waals surface area contributed by atoms with E-state index >= 15 is 0 Å². The summed E-state index contributed by atoms with van der Waals surface area (Å²) in [6, 6.07) is 3.33. The summed E-state index contributed by atoms with van der Waals surface area (Å²) in [4.78, 5) is 7.98.